The lowest BCUT2D eigenvalue weighted by atomic mass is 10.0. The maximum Gasteiger partial charge on any atom is 0.234 e. The van der Waals surface area contributed by atoms with E-state index in [1.54, 1.807) is 11.3 Å². The first-order valence-electron chi connectivity index (χ1n) is 4.65. The van der Waals surface area contributed by atoms with Crippen LogP contribution < -0.4 is 11.1 Å². The lowest BCUT2D eigenvalue weighted by Crippen LogP contribution is -2.44. The normalized spacial score (nSPS) is 13.1. The van der Waals surface area contributed by atoms with Crippen molar-refractivity contribution in [1.29, 1.82) is 0 Å². The van der Waals surface area contributed by atoms with Crippen LogP contribution in [0.15, 0.2) is 16.8 Å². The Hall–Kier alpha value is -0.870. The molecule has 1 atom stereocenters. The number of thiophene rings is 1. The molecule has 1 aromatic heterocycles. The van der Waals surface area contributed by atoms with Crippen LogP contribution in [0, 0.1) is 5.92 Å². The summed E-state index contributed by atoms with van der Waals surface area (Å²) in [5.74, 6) is -0.0543. The van der Waals surface area contributed by atoms with Gasteiger partial charge in [-0.25, -0.2) is 0 Å². The van der Waals surface area contributed by atoms with Gasteiger partial charge in [-0.15, -0.1) is 0 Å². The van der Waals surface area contributed by atoms with Crippen molar-refractivity contribution in [2.45, 2.75) is 26.4 Å². The van der Waals surface area contributed by atoms with Crippen LogP contribution in [-0.4, -0.2) is 11.9 Å². The van der Waals surface area contributed by atoms with Gasteiger partial charge in [0.25, 0.3) is 0 Å². The number of nitrogens with one attached hydrogen (secondary N) is 1. The number of primary amides is 1. The van der Waals surface area contributed by atoms with Gasteiger partial charge < -0.3 is 11.1 Å². The molecular weight excluding hydrogens is 196 g/mol. The van der Waals surface area contributed by atoms with E-state index in [0.29, 0.717) is 6.54 Å². The van der Waals surface area contributed by atoms with E-state index in [-0.39, 0.29) is 17.9 Å². The highest BCUT2D eigenvalue weighted by molar-refractivity contribution is 7.07. The number of nitrogens with two attached hydrogens (primary N) is 1. The van der Waals surface area contributed by atoms with E-state index in [1.807, 2.05) is 25.3 Å². The lowest BCUT2D eigenvalue weighted by molar-refractivity contribution is -0.121. The summed E-state index contributed by atoms with van der Waals surface area (Å²) in [5, 5.41) is 7.23. The molecule has 14 heavy (non-hydrogen) atoms. The molecule has 0 aromatic carbocycles. The monoisotopic (exact) mass is 212 g/mol. The molecule has 0 bridgehead atoms. The Labute approximate surface area is 88.3 Å². The topological polar surface area (TPSA) is 55.1 Å². The SMILES string of the molecule is CC(C)C(NCc1ccsc1)C(N)=O. The number of hydrogen-bond donors (Lipinski definition) is 2. The summed E-state index contributed by atoms with van der Waals surface area (Å²) in [6, 6.07) is 1.80. The zero-order valence-electron chi connectivity index (χ0n) is 8.49. The Balaban J connectivity index is 2.45. The highest BCUT2D eigenvalue weighted by atomic mass is 32.1. The third-order valence-corrected chi connectivity index (χ3v) is 2.81. The molecule has 0 saturated carbocycles. The van der Waals surface area contributed by atoms with Gasteiger partial charge in [0.1, 0.15) is 0 Å². The van der Waals surface area contributed by atoms with Crippen molar-refractivity contribution in [2.75, 3.05) is 0 Å². The van der Waals surface area contributed by atoms with Gasteiger partial charge in [0.15, 0.2) is 0 Å². The summed E-state index contributed by atoms with van der Waals surface area (Å²) in [6.07, 6.45) is 0. The van der Waals surface area contributed by atoms with Crippen LogP contribution in [0.25, 0.3) is 0 Å². The molecule has 0 fully saturated rings. The fraction of sp³-hybridized carbons (Fsp3) is 0.500. The van der Waals surface area contributed by atoms with E-state index in [4.69, 9.17) is 5.73 Å². The van der Waals surface area contributed by atoms with Crippen LogP contribution in [-0.2, 0) is 11.3 Å². The fourth-order valence-corrected chi connectivity index (χ4v) is 1.95. The third-order valence-electron chi connectivity index (χ3n) is 2.08. The van der Waals surface area contributed by atoms with Crippen LogP contribution in [0.3, 0.4) is 0 Å². The number of carbonyl (C=O) groups is 1. The molecule has 0 aliphatic heterocycles. The summed E-state index contributed by atoms with van der Waals surface area (Å²) in [4.78, 5) is 11.1. The van der Waals surface area contributed by atoms with Gasteiger partial charge in [0.2, 0.25) is 5.91 Å². The maximum atomic E-state index is 11.1. The second kappa shape index (κ2) is 5.12. The molecule has 3 nitrogen and oxygen atoms in total. The predicted octanol–water partition coefficient (Wildman–Crippen LogP) is 1.35. The molecule has 1 rings (SSSR count). The average Bonchev–Trinajstić information content (AvgIpc) is 2.55. The van der Waals surface area contributed by atoms with E-state index >= 15 is 0 Å². The molecule has 0 saturated heterocycles. The molecule has 1 amide bonds. The summed E-state index contributed by atoms with van der Waals surface area (Å²) in [5.41, 5.74) is 6.47. The second-order valence-electron chi connectivity index (χ2n) is 3.64. The first-order valence-corrected chi connectivity index (χ1v) is 5.59. The van der Waals surface area contributed by atoms with Gasteiger partial charge in [-0.2, -0.15) is 11.3 Å². The first kappa shape index (κ1) is 11.2. The molecule has 0 aliphatic rings. The Morgan fingerprint density at radius 3 is 2.79 bits per heavy atom. The minimum absolute atomic E-state index is 0.228. The smallest absolute Gasteiger partial charge is 0.234 e. The third kappa shape index (κ3) is 3.12. The molecule has 1 unspecified atom stereocenters. The first-order chi connectivity index (χ1) is 6.61. The summed E-state index contributed by atoms with van der Waals surface area (Å²) in [7, 11) is 0. The second-order valence-corrected chi connectivity index (χ2v) is 4.42. The Kier molecular flexibility index (Phi) is 4.10. The fourth-order valence-electron chi connectivity index (χ4n) is 1.29. The van der Waals surface area contributed by atoms with Crippen molar-refractivity contribution in [1.82, 2.24) is 5.32 Å². The molecule has 0 aliphatic carbocycles. The molecule has 1 heterocycles. The number of rotatable bonds is 5. The summed E-state index contributed by atoms with van der Waals surface area (Å²) >= 11 is 1.65. The number of carbonyl (C=O) groups excluding carboxylic acids is 1. The minimum atomic E-state index is -0.282. The molecule has 78 valence electrons. The molecule has 1 aromatic rings. The average molecular weight is 212 g/mol. The molecule has 4 heteroatoms. The highest BCUT2D eigenvalue weighted by Gasteiger charge is 2.18. The van der Waals surface area contributed by atoms with Crippen molar-refractivity contribution in [3.8, 4) is 0 Å². The molecule has 0 radical (unpaired) electrons. The summed E-state index contributed by atoms with van der Waals surface area (Å²) in [6.45, 7) is 4.67. The van der Waals surface area contributed by atoms with Crippen LogP contribution in [0.4, 0.5) is 0 Å². The van der Waals surface area contributed by atoms with E-state index in [9.17, 15) is 4.79 Å². The van der Waals surface area contributed by atoms with Gasteiger partial charge in [-0.1, -0.05) is 13.8 Å². The quantitative estimate of drug-likeness (QED) is 0.774. The number of hydrogen-bond acceptors (Lipinski definition) is 3. The van der Waals surface area contributed by atoms with Gasteiger partial charge in [0.05, 0.1) is 6.04 Å². The Morgan fingerprint density at radius 2 is 2.36 bits per heavy atom. The van der Waals surface area contributed by atoms with Crippen molar-refractivity contribution in [3.05, 3.63) is 22.4 Å². The van der Waals surface area contributed by atoms with Crippen LogP contribution >= 0.6 is 11.3 Å². The van der Waals surface area contributed by atoms with Gasteiger partial charge in [0, 0.05) is 6.54 Å². The molecule has 3 N–H and O–H groups in total. The predicted molar refractivity (Wildman–Crippen MR) is 59.0 cm³/mol. The van der Waals surface area contributed by atoms with E-state index in [0.717, 1.165) is 0 Å². The Morgan fingerprint density at radius 1 is 1.64 bits per heavy atom. The largest absolute Gasteiger partial charge is 0.368 e. The zero-order chi connectivity index (χ0) is 10.6. The molecule has 0 spiro atoms. The Bertz CT molecular complexity index is 282. The standard InChI is InChI=1S/C10H16N2OS/c1-7(2)9(10(11)13)12-5-8-3-4-14-6-8/h3-4,6-7,9,12H,5H2,1-2H3,(H2,11,13). The van der Waals surface area contributed by atoms with Crippen LogP contribution in [0.5, 0.6) is 0 Å². The highest BCUT2D eigenvalue weighted by Crippen LogP contribution is 2.07. The van der Waals surface area contributed by atoms with Crippen molar-refractivity contribution < 1.29 is 4.79 Å². The van der Waals surface area contributed by atoms with Gasteiger partial charge in [-0.3, -0.25) is 4.79 Å². The van der Waals surface area contributed by atoms with Gasteiger partial charge >= 0.3 is 0 Å². The van der Waals surface area contributed by atoms with Crippen LogP contribution in [0.1, 0.15) is 19.4 Å². The minimum Gasteiger partial charge on any atom is -0.368 e. The maximum absolute atomic E-state index is 11.1. The van der Waals surface area contributed by atoms with E-state index < -0.39 is 0 Å². The zero-order valence-corrected chi connectivity index (χ0v) is 9.30. The lowest BCUT2D eigenvalue weighted by Gasteiger charge is -2.18. The van der Waals surface area contributed by atoms with Crippen molar-refractivity contribution >= 4 is 17.2 Å². The van der Waals surface area contributed by atoms with Crippen molar-refractivity contribution in [2.24, 2.45) is 11.7 Å². The van der Waals surface area contributed by atoms with Gasteiger partial charge in [-0.05, 0) is 28.3 Å². The summed E-state index contributed by atoms with van der Waals surface area (Å²) < 4.78 is 0. The van der Waals surface area contributed by atoms with E-state index in [2.05, 4.69) is 10.7 Å². The van der Waals surface area contributed by atoms with Crippen LogP contribution in [0.2, 0.25) is 0 Å². The van der Waals surface area contributed by atoms with E-state index in [1.165, 1.54) is 5.56 Å². The number of amides is 1. The molecular formula is C10H16N2OS. The van der Waals surface area contributed by atoms with Crippen molar-refractivity contribution in [3.63, 3.8) is 0 Å².